The number of fused-ring (bicyclic) bond motifs is 1. The summed E-state index contributed by atoms with van der Waals surface area (Å²) in [5, 5.41) is 14.4. The van der Waals surface area contributed by atoms with E-state index in [2.05, 4.69) is 70.0 Å². The number of carboxylic acid groups (broad SMARTS) is 1. The van der Waals surface area contributed by atoms with Crippen LogP contribution in [0, 0.1) is 18.8 Å². The van der Waals surface area contributed by atoms with Crippen LogP contribution in [0.3, 0.4) is 0 Å². The van der Waals surface area contributed by atoms with Gasteiger partial charge < -0.3 is 14.2 Å². The molecule has 0 atom stereocenters. The van der Waals surface area contributed by atoms with Crippen LogP contribution < -0.4 is 0 Å². The zero-order valence-corrected chi connectivity index (χ0v) is 19.2. The van der Waals surface area contributed by atoms with Crippen molar-refractivity contribution >= 4 is 16.9 Å². The minimum absolute atomic E-state index is 0.240. The maximum Gasteiger partial charge on any atom is 0.309 e. The van der Waals surface area contributed by atoms with Gasteiger partial charge in [0.2, 0.25) is 5.82 Å². The molecule has 1 saturated heterocycles. The van der Waals surface area contributed by atoms with Gasteiger partial charge >= 0.3 is 5.97 Å². The number of benzene rings is 2. The second-order valence-electron chi connectivity index (χ2n) is 9.44. The molecule has 170 valence electrons. The predicted octanol–water partition coefficient (Wildman–Crippen LogP) is 4.84. The van der Waals surface area contributed by atoms with Gasteiger partial charge in [0.05, 0.1) is 5.92 Å². The van der Waals surface area contributed by atoms with Gasteiger partial charge in [0.25, 0.3) is 5.89 Å². The van der Waals surface area contributed by atoms with Gasteiger partial charge in [-0.2, -0.15) is 4.98 Å². The largest absolute Gasteiger partial charge is 0.481 e. The van der Waals surface area contributed by atoms with Crippen molar-refractivity contribution in [1.29, 1.82) is 0 Å². The standard InChI is InChI=1S/C26H28N4O3/c1-16(2)12-30-9-8-19-11-20(5-7-23(19)30)25-27-24(28-33-25)22-6-4-18(10-17(22)3)13-29-14-21(15-29)26(31)32/h4-11,16,21H,12-15H2,1-3H3,(H,31,32). The highest BCUT2D eigenvalue weighted by molar-refractivity contribution is 5.84. The molecule has 0 aliphatic carbocycles. The van der Waals surface area contributed by atoms with Gasteiger partial charge in [0.15, 0.2) is 0 Å². The number of aliphatic carboxylic acids is 1. The van der Waals surface area contributed by atoms with Crippen molar-refractivity contribution in [1.82, 2.24) is 19.6 Å². The third-order valence-electron chi connectivity index (χ3n) is 6.25. The van der Waals surface area contributed by atoms with Crippen molar-refractivity contribution in [2.45, 2.75) is 33.9 Å². The Bertz CT molecular complexity index is 1310. The van der Waals surface area contributed by atoms with Crippen molar-refractivity contribution in [3.05, 3.63) is 59.8 Å². The molecule has 5 rings (SSSR count). The van der Waals surface area contributed by atoms with Crippen LogP contribution in [0.4, 0.5) is 0 Å². The molecule has 0 bridgehead atoms. The summed E-state index contributed by atoms with van der Waals surface area (Å²) in [5.41, 5.74) is 5.26. The lowest BCUT2D eigenvalue weighted by atomic mass is 9.98. The monoisotopic (exact) mass is 444 g/mol. The highest BCUT2D eigenvalue weighted by atomic mass is 16.5. The van der Waals surface area contributed by atoms with E-state index in [1.54, 1.807) is 0 Å². The Morgan fingerprint density at radius 1 is 1.18 bits per heavy atom. The second kappa shape index (κ2) is 8.48. The molecule has 7 nitrogen and oxygen atoms in total. The average Bonchev–Trinajstić information content (AvgIpc) is 3.37. The molecular formula is C26H28N4O3. The number of likely N-dealkylation sites (tertiary alicyclic amines) is 1. The molecule has 1 aliphatic heterocycles. The van der Waals surface area contributed by atoms with Crippen molar-refractivity contribution < 1.29 is 14.4 Å². The number of hydrogen-bond donors (Lipinski definition) is 1. The Morgan fingerprint density at radius 2 is 2.00 bits per heavy atom. The van der Waals surface area contributed by atoms with Gasteiger partial charge in [-0.05, 0) is 48.2 Å². The van der Waals surface area contributed by atoms with Crippen LogP contribution in [0.1, 0.15) is 25.0 Å². The highest BCUT2D eigenvalue weighted by Crippen LogP contribution is 2.29. The van der Waals surface area contributed by atoms with Crippen LogP contribution >= 0.6 is 0 Å². The third-order valence-corrected chi connectivity index (χ3v) is 6.25. The summed E-state index contributed by atoms with van der Waals surface area (Å²) in [5.74, 6) is 0.712. The summed E-state index contributed by atoms with van der Waals surface area (Å²) in [6.07, 6.45) is 2.13. The zero-order chi connectivity index (χ0) is 23.1. The van der Waals surface area contributed by atoms with E-state index in [4.69, 9.17) is 9.63 Å². The van der Waals surface area contributed by atoms with Crippen molar-refractivity contribution in [2.75, 3.05) is 13.1 Å². The Kier molecular flexibility index (Phi) is 5.50. The number of aryl methyl sites for hydroxylation is 1. The summed E-state index contributed by atoms with van der Waals surface area (Å²) in [6, 6.07) is 14.5. The smallest absolute Gasteiger partial charge is 0.309 e. The highest BCUT2D eigenvalue weighted by Gasteiger charge is 2.32. The van der Waals surface area contributed by atoms with Crippen molar-refractivity contribution in [3.8, 4) is 22.8 Å². The number of hydrogen-bond acceptors (Lipinski definition) is 5. The second-order valence-corrected chi connectivity index (χ2v) is 9.44. The minimum atomic E-state index is -0.710. The average molecular weight is 445 g/mol. The normalized spacial score (nSPS) is 14.8. The lowest BCUT2D eigenvalue weighted by Crippen LogP contribution is -2.49. The quantitative estimate of drug-likeness (QED) is 0.439. The van der Waals surface area contributed by atoms with E-state index in [0.29, 0.717) is 30.7 Å². The fourth-order valence-electron chi connectivity index (χ4n) is 4.52. The van der Waals surface area contributed by atoms with E-state index in [-0.39, 0.29) is 5.92 Å². The van der Waals surface area contributed by atoms with Gasteiger partial charge in [-0.1, -0.05) is 37.2 Å². The topological polar surface area (TPSA) is 84.4 Å². The SMILES string of the molecule is Cc1cc(CN2CC(C(=O)O)C2)ccc1-c1noc(-c2ccc3c(ccn3CC(C)C)c2)n1. The summed E-state index contributed by atoms with van der Waals surface area (Å²) in [7, 11) is 0. The molecule has 4 aromatic rings. The molecule has 0 radical (unpaired) electrons. The number of rotatable bonds is 7. The Morgan fingerprint density at radius 3 is 2.73 bits per heavy atom. The molecule has 0 amide bonds. The maximum atomic E-state index is 11.0. The predicted molar refractivity (Wildman–Crippen MR) is 127 cm³/mol. The van der Waals surface area contributed by atoms with E-state index >= 15 is 0 Å². The number of carboxylic acids is 1. The van der Waals surface area contributed by atoms with Gasteiger partial charge in [-0.15, -0.1) is 0 Å². The van der Waals surface area contributed by atoms with Gasteiger partial charge in [-0.3, -0.25) is 9.69 Å². The van der Waals surface area contributed by atoms with Crippen LogP contribution in [-0.2, 0) is 17.9 Å². The number of aromatic nitrogens is 3. The van der Waals surface area contributed by atoms with E-state index in [9.17, 15) is 4.79 Å². The summed E-state index contributed by atoms with van der Waals surface area (Å²) >= 11 is 0. The molecule has 0 unspecified atom stereocenters. The van der Waals surface area contributed by atoms with E-state index in [0.717, 1.165) is 40.7 Å². The van der Waals surface area contributed by atoms with Gasteiger partial charge in [-0.25, -0.2) is 0 Å². The Hall–Kier alpha value is -3.45. The Labute approximate surface area is 192 Å². The first-order chi connectivity index (χ1) is 15.9. The molecule has 3 heterocycles. The van der Waals surface area contributed by atoms with Crippen molar-refractivity contribution in [3.63, 3.8) is 0 Å². The van der Waals surface area contributed by atoms with Gasteiger partial charge in [0, 0.05) is 54.4 Å². The molecule has 1 N–H and O–H groups in total. The zero-order valence-electron chi connectivity index (χ0n) is 19.2. The summed E-state index contributed by atoms with van der Waals surface area (Å²) < 4.78 is 7.88. The maximum absolute atomic E-state index is 11.0. The van der Waals surface area contributed by atoms with Crippen LogP contribution in [0.25, 0.3) is 33.7 Å². The molecule has 2 aromatic heterocycles. The molecule has 1 aliphatic rings. The molecule has 7 heteroatoms. The molecular weight excluding hydrogens is 416 g/mol. The lowest BCUT2D eigenvalue weighted by Gasteiger charge is -2.36. The first kappa shape index (κ1) is 21.4. The molecule has 1 fully saturated rings. The van der Waals surface area contributed by atoms with E-state index in [1.807, 2.05) is 19.1 Å². The minimum Gasteiger partial charge on any atom is -0.481 e. The van der Waals surface area contributed by atoms with Crippen LogP contribution in [-0.4, -0.2) is 43.8 Å². The number of carbonyl (C=O) groups is 1. The first-order valence-electron chi connectivity index (χ1n) is 11.4. The van der Waals surface area contributed by atoms with Crippen LogP contribution in [0.15, 0.2) is 53.2 Å². The Balaban J connectivity index is 1.32. The first-order valence-corrected chi connectivity index (χ1v) is 11.4. The van der Waals surface area contributed by atoms with Gasteiger partial charge in [0.1, 0.15) is 0 Å². The molecule has 0 spiro atoms. The lowest BCUT2D eigenvalue weighted by molar-refractivity contribution is -0.147. The van der Waals surface area contributed by atoms with Crippen LogP contribution in [0.5, 0.6) is 0 Å². The van der Waals surface area contributed by atoms with E-state index in [1.165, 1.54) is 5.52 Å². The molecule has 0 saturated carbocycles. The fraction of sp³-hybridized carbons (Fsp3) is 0.346. The summed E-state index contributed by atoms with van der Waals surface area (Å²) in [4.78, 5) is 17.8. The van der Waals surface area contributed by atoms with Crippen LogP contribution in [0.2, 0.25) is 0 Å². The van der Waals surface area contributed by atoms with E-state index < -0.39 is 5.97 Å². The summed E-state index contributed by atoms with van der Waals surface area (Å²) in [6.45, 7) is 9.42. The molecule has 2 aromatic carbocycles. The number of nitrogens with zero attached hydrogens (tertiary/aromatic N) is 4. The molecule has 33 heavy (non-hydrogen) atoms. The third kappa shape index (κ3) is 4.28. The fourth-order valence-corrected chi connectivity index (χ4v) is 4.52. The van der Waals surface area contributed by atoms with Crippen molar-refractivity contribution in [2.24, 2.45) is 11.8 Å².